The maximum Gasteiger partial charge on any atom is 0.261 e. The third-order valence-corrected chi connectivity index (χ3v) is 4.42. The molecule has 0 saturated carbocycles. The summed E-state index contributed by atoms with van der Waals surface area (Å²) < 4.78 is 0. The molecule has 0 aliphatic carbocycles. The van der Waals surface area contributed by atoms with Crippen LogP contribution >= 0.6 is 0 Å². The number of hydrogen-bond donors (Lipinski definition) is 2. The minimum atomic E-state index is -0.299. The SMILES string of the molecule is CCCNCCNC(=O)c1cccc(CN2C(=O)c3ccccc3C2=O)c1. The molecule has 0 bridgehead atoms. The Kier molecular flexibility index (Phi) is 5.98. The molecule has 2 N–H and O–H groups in total. The Labute approximate surface area is 158 Å². The quantitative estimate of drug-likeness (QED) is 0.555. The Balaban J connectivity index is 1.64. The van der Waals surface area contributed by atoms with E-state index in [9.17, 15) is 14.4 Å². The molecule has 0 spiro atoms. The third kappa shape index (κ3) is 4.23. The number of carbonyl (C=O) groups excluding carboxylic acids is 3. The lowest BCUT2D eigenvalue weighted by atomic mass is 10.1. The molecule has 3 rings (SSSR count). The highest BCUT2D eigenvalue weighted by molar-refractivity contribution is 6.21. The van der Waals surface area contributed by atoms with Crippen molar-refractivity contribution in [2.24, 2.45) is 0 Å². The third-order valence-electron chi connectivity index (χ3n) is 4.42. The summed E-state index contributed by atoms with van der Waals surface area (Å²) in [7, 11) is 0. The summed E-state index contributed by atoms with van der Waals surface area (Å²) in [5, 5.41) is 6.09. The Morgan fingerprint density at radius 3 is 2.30 bits per heavy atom. The molecule has 27 heavy (non-hydrogen) atoms. The zero-order valence-corrected chi connectivity index (χ0v) is 15.3. The number of carbonyl (C=O) groups is 3. The first kappa shape index (κ1) is 18.8. The lowest BCUT2D eigenvalue weighted by Crippen LogP contribution is -2.32. The Morgan fingerprint density at radius 1 is 0.926 bits per heavy atom. The number of amides is 3. The van der Waals surface area contributed by atoms with Gasteiger partial charge in [0.15, 0.2) is 0 Å². The monoisotopic (exact) mass is 365 g/mol. The van der Waals surface area contributed by atoms with Crippen LogP contribution in [0, 0.1) is 0 Å². The van der Waals surface area contributed by atoms with Crippen LogP contribution in [-0.2, 0) is 6.54 Å². The van der Waals surface area contributed by atoms with Crippen molar-refractivity contribution in [3.8, 4) is 0 Å². The van der Waals surface area contributed by atoms with E-state index >= 15 is 0 Å². The van der Waals surface area contributed by atoms with Gasteiger partial charge in [-0.25, -0.2) is 0 Å². The summed E-state index contributed by atoms with van der Waals surface area (Å²) in [5.41, 5.74) is 2.10. The van der Waals surface area contributed by atoms with Crippen molar-refractivity contribution >= 4 is 17.7 Å². The van der Waals surface area contributed by atoms with Gasteiger partial charge >= 0.3 is 0 Å². The summed E-state index contributed by atoms with van der Waals surface area (Å²) in [4.78, 5) is 38.5. The molecule has 6 heteroatoms. The van der Waals surface area contributed by atoms with Gasteiger partial charge in [-0.2, -0.15) is 0 Å². The van der Waals surface area contributed by atoms with Gasteiger partial charge in [-0.3, -0.25) is 19.3 Å². The normalized spacial score (nSPS) is 13.0. The fourth-order valence-electron chi connectivity index (χ4n) is 3.04. The van der Waals surface area contributed by atoms with E-state index in [1.165, 1.54) is 4.90 Å². The molecule has 140 valence electrons. The number of fused-ring (bicyclic) bond motifs is 1. The van der Waals surface area contributed by atoms with E-state index in [0.717, 1.165) is 18.5 Å². The van der Waals surface area contributed by atoms with Gasteiger partial charge in [-0.05, 0) is 42.8 Å². The number of rotatable bonds is 8. The van der Waals surface area contributed by atoms with E-state index in [1.54, 1.807) is 42.5 Å². The topological polar surface area (TPSA) is 78.5 Å². The number of nitrogens with zero attached hydrogens (tertiary/aromatic N) is 1. The molecule has 0 unspecified atom stereocenters. The molecule has 0 radical (unpaired) electrons. The van der Waals surface area contributed by atoms with Crippen molar-refractivity contribution < 1.29 is 14.4 Å². The van der Waals surface area contributed by atoms with Gasteiger partial charge in [0.1, 0.15) is 0 Å². The molecular formula is C21H23N3O3. The maximum absolute atomic E-state index is 12.5. The fourth-order valence-corrected chi connectivity index (χ4v) is 3.04. The number of imide groups is 1. The van der Waals surface area contributed by atoms with E-state index < -0.39 is 0 Å². The molecule has 2 aromatic rings. The molecular weight excluding hydrogens is 342 g/mol. The van der Waals surface area contributed by atoms with Crippen molar-refractivity contribution in [1.29, 1.82) is 0 Å². The van der Waals surface area contributed by atoms with Crippen LogP contribution in [0.15, 0.2) is 48.5 Å². The van der Waals surface area contributed by atoms with Crippen molar-refractivity contribution in [2.45, 2.75) is 19.9 Å². The van der Waals surface area contributed by atoms with E-state index in [-0.39, 0.29) is 24.3 Å². The van der Waals surface area contributed by atoms with Gasteiger partial charge in [0, 0.05) is 18.7 Å². The lowest BCUT2D eigenvalue weighted by Gasteiger charge is -2.14. The van der Waals surface area contributed by atoms with Gasteiger partial charge in [-0.1, -0.05) is 31.2 Å². The van der Waals surface area contributed by atoms with Crippen LogP contribution in [0.2, 0.25) is 0 Å². The smallest absolute Gasteiger partial charge is 0.261 e. The van der Waals surface area contributed by atoms with E-state index in [1.807, 2.05) is 6.07 Å². The van der Waals surface area contributed by atoms with Crippen molar-refractivity contribution in [3.63, 3.8) is 0 Å². The molecule has 6 nitrogen and oxygen atoms in total. The van der Waals surface area contributed by atoms with Crippen LogP contribution in [0.4, 0.5) is 0 Å². The molecule has 1 aliphatic rings. The van der Waals surface area contributed by atoms with Gasteiger partial charge in [0.2, 0.25) is 0 Å². The van der Waals surface area contributed by atoms with E-state index in [2.05, 4.69) is 17.6 Å². The van der Waals surface area contributed by atoms with Crippen LogP contribution in [0.25, 0.3) is 0 Å². The predicted octanol–water partition coefficient (Wildman–Crippen LogP) is 2.21. The second kappa shape index (κ2) is 8.60. The first-order valence-electron chi connectivity index (χ1n) is 9.15. The Hall–Kier alpha value is -2.99. The summed E-state index contributed by atoms with van der Waals surface area (Å²) >= 11 is 0. The largest absolute Gasteiger partial charge is 0.351 e. The van der Waals surface area contributed by atoms with Gasteiger partial charge < -0.3 is 10.6 Å². The lowest BCUT2D eigenvalue weighted by molar-refractivity contribution is 0.0642. The van der Waals surface area contributed by atoms with Gasteiger partial charge in [-0.15, -0.1) is 0 Å². The molecule has 0 fully saturated rings. The van der Waals surface area contributed by atoms with Crippen molar-refractivity contribution in [2.75, 3.05) is 19.6 Å². The Bertz CT molecular complexity index is 828. The van der Waals surface area contributed by atoms with Crippen LogP contribution < -0.4 is 10.6 Å². The second-order valence-corrected chi connectivity index (χ2v) is 6.45. The highest BCUT2D eigenvalue weighted by atomic mass is 16.2. The minimum absolute atomic E-state index is 0.144. The summed E-state index contributed by atoms with van der Waals surface area (Å²) in [6.07, 6.45) is 1.05. The van der Waals surface area contributed by atoms with Gasteiger partial charge in [0.05, 0.1) is 17.7 Å². The zero-order chi connectivity index (χ0) is 19.2. The maximum atomic E-state index is 12.5. The van der Waals surface area contributed by atoms with E-state index in [4.69, 9.17) is 0 Å². The molecule has 1 aliphatic heterocycles. The van der Waals surface area contributed by atoms with Crippen LogP contribution in [0.1, 0.15) is 50.0 Å². The number of benzene rings is 2. The van der Waals surface area contributed by atoms with Crippen LogP contribution in [-0.4, -0.2) is 42.3 Å². The molecule has 3 amide bonds. The summed E-state index contributed by atoms with van der Waals surface area (Å²) in [6.45, 7) is 4.42. The standard InChI is InChI=1S/C21H23N3O3/c1-2-10-22-11-12-23-19(25)16-7-5-6-15(13-16)14-24-20(26)17-8-3-4-9-18(17)21(24)27/h3-9,13,22H,2,10-12,14H2,1H3,(H,23,25). The van der Waals surface area contributed by atoms with Crippen molar-refractivity contribution in [3.05, 3.63) is 70.8 Å². The molecule has 0 saturated heterocycles. The van der Waals surface area contributed by atoms with Gasteiger partial charge in [0.25, 0.3) is 17.7 Å². The minimum Gasteiger partial charge on any atom is -0.351 e. The summed E-state index contributed by atoms with van der Waals surface area (Å²) in [6, 6.07) is 13.8. The first-order valence-corrected chi connectivity index (χ1v) is 9.15. The molecule has 2 aromatic carbocycles. The summed E-state index contributed by atoms with van der Waals surface area (Å²) in [5.74, 6) is -0.766. The highest BCUT2D eigenvalue weighted by Gasteiger charge is 2.34. The highest BCUT2D eigenvalue weighted by Crippen LogP contribution is 2.24. The fraction of sp³-hybridized carbons (Fsp3) is 0.286. The average molecular weight is 365 g/mol. The van der Waals surface area contributed by atoms with Crippen LogP contribution in [0.3, 0.4) is 0 Å². The predicted molar refractivity (Wildman–Crippen MR) is 103 cm³/mol. The number of hydrogen-bond acceptors (Lipinski definition) is 4. The van der Waals surface area contributed by atoms with Crippen LogP contribution in [0.5, 0.6) is 0 Å². The first-order chi connectivity index (χ1) is 13.1. The average Bonchev–Trinajstić information content (AvgIpc) is 2.93. The molecule has 0 aromatic heterocycles. The number of nitrogens with one attached hydrogen (secondary N) is 2. The zero-order valence-electron chi connectivity index (χ0n) is 15.3. The Morgan fingerprint density at radius 2 is 1.63 bits per heavy atom. The second-order valence-electron chi connectivity index (χ2n) is 6.45. The van der Waals surface area contributed by atoms with Crippen molar-refractivity contribution in [1.82, 2.24) is 15.5 Å². The van der Waals surface area contributed by atoms with E-state index in [0.29, 0.717) is 29.8 Å². The molecule has 1 heterocycles. The molecule has 0 atom stereocenters.